The number of carbonyl (C=O) groups excluding carboxylic acids is 2. The fraction of sp³-hybridized carbons (Fsp3) is 0.432. The first-order valence-electron chi connectivity index (χ1n) is 16.2. The minimum atomic E-state index is -0.921. The molecule has 4 rings (SSSR count). The van der Waals surface area contributed by atoms with E-state index in [1.165, 1.54) is 0 Å². The van der Waals surface area contributed by atoms with Gasteiger partial charge in [-0.2, -0.15) is 0 Å². The van der Waals surface area contributed by atoms with Crippen LogP contribution in [-0.2, 0) is 25.6 Å². The van der Waals surface area contributed by atoms with Crippen LogP contribution in [-0.4, -0.2) is 49.6 Å². The summed E-state index contributed by atoms with van der Waals surface area (Å²) in [6.45, 7) is 17.1. The van der Waals surface area contributed by atoms with E-state index in [4.69, 9.17) is 0 Å². The lowest BCUT2D eigenvalue weighted by Gasteiger charge is -2.16. The molecule has 2 amide bonds. The molecule has 0 spiro atoms. The number of aromatic nitrogens is 2. The highest BCUT2D eigenvalue weighted by atomic mass is 16.4. The molecule has 0 saturated carbocycles. The van der Waals surface area contributed by atoms with Gasteiger partial charge in [0.25, 0.3) is 11.8 Å². The normalized spacial score (nSPS) is 18.3. The minimum Gasteiger partial charge on any atom is -0.481 e. The Bertz CT molecular complexity index is 1910. The second-order valence-corrected chi connectivity index (χ2v) is 13.0. The number of rotatable bonds is 12. The van der Waals surface area contributed by atoms with Crippen LogP contribution in [0.4, 0.5) is 0 Å². The van der Waals surface area contributed by atoms with Crippen LogP contribution >= 0.6 is 0 Å². The van der Waals surface area contributed by atoms with Gasteiger partial charge in [-0.1, -0.05) is 34.6 Å². The number of allylic oxidation sites excluding steroid dienone is 2. The first-order valence-corrected chi connectivity index (χ1v) is 16.2. The number of hydrogen-bond acceptors (Lipinski definition) is 4. The third kappa shape index (κ3) is 7.01. The quantitative estimate of drug-likeness (QED) is 0.220. The molecular weight excluding hydrogens is 596 g/mol. The molecule has 0 fully saturated rings. The van der Waals surface area contributed by atoms with Crippen LogP contribution < -0.4 is 16.0 Å². The lowest BCUT2D eigenvalue weighted by Crippen LogP contribution is -2.25. The average Bonchev–Trinajstić information content (AvgIpc) is 3.63. The van der Waals surface area contributed by atoms with E-state index in [0.717, 1.165) is 44.4 Å². The molecule has 0 saturated heterocycles. The van der Waals surface area contributed by atoms with E-state index in [2.05, 4.69) is 20.3 Å². The number of nitrogens with zero attached hydrogens (tertiary/aromatic N) is 1. The molecule has 0 aliphatic carbocycles. The van der Waals surface area contributed by atoms with Gasteiger partial charge in [0.05, 0.1) is 18.1 Å². The minimum absolute atomic E-state index is 0.0884. The standard InChI is InChI=1S/C37H46N4O6/c1-10-23-20(7)35(44)40-29(23)14-27-19(6)26(13-25(17(3)4)37(46)47)31(38-27)16-32-34(18(5)12-33(42)43)22(9)28(39-32)15-30-24(11-2)21(8)36(45)41-30/h14-18,25,38-39H,10-13H2,1-9H3,(H,41,45)(H,42,43)(H,46,47)/b27-14-,30-15-,31-16-/t18-,25-/m0/s1. The highest BCUT2D eigenvalue weighted by Crippen LogP contribution is 2.33. The predicted molar refractivity (Wildman–Crippen MR) is 183 cm³/mol. The van der Waals surface area contributed by atoms with Gasteiger partial charge in [-0.25, -0.2) is 4.99 Å². The van der Waals surface area contributed by atoms with E-state index in [9.17, 15) is 29.4 Å². The van der Waals surface area contributed by atoms with Crippen molar-refractivity contribution in [1.82, 2.24) is 15.3 Å². The smallest absolute Gasteiger partial charge is 0.307 e. The molecule has 10 heteroatoms. The molecule has 2 aliphatic rings. The van der Waals surface area contributed by atoms with Crippen LogP contribution in [0.25, 0.3) is 18.2 Å². The van der Waals surface area contributed by atoms with Gasteiger partial charge in [0.2, 0.25) is 0 Å². The average molecular weight is 643 g/mol. The van der Waals surface area contributed by atoms with Gasteiger partial charge in [0.1, 0.15) is 0 Å². The summed E-state index contributed by atoms with van der Waals surface area (Å²) >= 11 is 0. The molecule has 0 unspecified atom stereocenters. The van der Waals surface area contributed by atoms with E-state index in [1.807, 2.05) is 66.7 Å². The first kappa shape index (κ1) is 35.1. The van der Waals surface area contributed by atoms with Crippen molar-refractivity contribution < 1.29 is 29.4 Å². The molecule has 4 heterocycles. The Morgan fingerprint density at radius 2 is 1.49 bits per heavy atom. The van der Waals surface area contributed by atoms with Crippen LogP contribution in [0.5, 0.6) is 0 Å². The Labute approximate surface area is 275 Å². The zero-order valence-corrected chi connectivity index (χ0v) is 28.8. The molecule has 47 heavy (non-hydrogen) atoms. The van der Waals surface area contributed by atoms with Crippen molar-refractivity contribution in [3.63, 3.8) is 0 Å². The molecule has 0 aromatic carbocycles. The van der Waals surface area contributed by atoms with Gasteiger partial charge < -0.3 is 25.5 Å². The Morgan fingerprint density at radius 1 is 0.830 bits per heavy atom. The summed E-state index contributed by atoms with van der Waals surface area (Å²) in [5.74, 6) is -3.33. The van der Waals surface area contributed by atoms with Crippen molar-refractivity contribution in [3.8, 4) is 0 Å². The van der Waals surface area contributed by atoms with Crippen molar-refractivity contribution in [2.45, 2.75) is 93.9 Å². The predicted octanol–water partition coefficient (Wildman–Crippen LogP) is 4.95. The number of aliphatic carboxylic acids is 2. The van der Waals surface area contributed by atoms with Crippen molar-refractivity contribution in [2.75, 3.05) is 0 Å². The summed E-state index contributed by atoms with van der Waals surface area (Å²) in [4.78, 5) is 60.3. The highest BCUT2D eigenvalue weighted by Gasteiger charge is 2.27. The van der Waals surface area contributed by atoms with Gasteiger partial charge in [0, 0.05) is 38.9 Å². The first-order chi connectivity index (χ1) is 22.1. The van der Waals surface area contributed by atoms with Crippen LogP contribution in [0.3, 0.4) is 0 Å². The maximum Gasteiger partial charge on any atom is 0.307 e. The summed E-state index contributed by atoms with van der Waals surface area (Å²) in [6.07, 6.45) is 7.16. The van der Waals surface area contributed by atoms with Crippen molar-refractivity contribution in [3.05, 3.63) is 72.3 Å². The van der Waals surface area contributed by atoms with E-state index >= 15 is 0 Å². The fourth-order valence-corrected chi connectivity index (χ4v) is 6.73. The summed E-state index contributed by atoms with van der Waals surface area (Å²) < 4.78 is 0. The zero-order chi connectivity index (χ0) is 34.9. The van der Waals surface area contributed by atoms with E-state index in [1.54, 1.807) is 13.8 Å². The number of carboxylic acid groups (broad SMARTS) is 2. The maximum atomic E-state index is 12.5. The molecular formula is C37H46N4O6. The third-order valence-electron chi connectivity index (χ3n) is 9.57. The number of H-pyrrole nitrogens is 2. The number of carbonyl (C=O) groups is 4. The lowest BCUT2D eigenvalue weighted by atomic mass is 9.88. The molecule has 250 valence electrons. The van der Waals surface area contributed by atoms with E-state index in [0.29, 0.717) is 46.4 Å². The summed E-state index contributed by atoms with van der Waals surface area (Å²) in [7, 11) is 0. The van der Waals surface area contributed by atoms with Crippen molar-refractivity contribution in [2.24, 2.45) is 16.8 Å². The Balaban J connectivity index is 2.00. The van der Waals surface area contributed by atoms with Gasteiger partial charge in [0.15, 0.2) is 0 Å². The number of amides is 2. The van der Waals surface area contributed by atoms with Gasteiger partial charge in [-0.05, 0) is 110 Å². The van der Waals surface area contributed by atoms with Gasteiger partial charge in [-0.15, -0.1) is 0 Å². The van der Waals surface area contributed by atoms with E-state index < -0.39 is 17.9 Å². The number of aliphatic imine (C=N–C) groups is 1. The lowest BCUT2D eigenvalue weighted by molar-refractivity contribution is -0.143. The highest BCUT2D eigenvalue weighted by molar-refractivity contribution is 6.30. The topological polar surface area (TPSA) is 165 Å². The molecule has 2 aromatic rings. The number of aromatic amines is 2. The largest absolute Gasteiger partial charge is 0.481 e. The van der Waals surface area contributed by atoms with Crippen LogP contribution in [0.15, 0.2) is 33.0 Å². The summed E-state index contributed by atoms with van der Waals surface area (Å²) in [5.41, 5.74) is 9.18. The molecule has 0 radical (unpaired) electrons. The van der Waals surface area contributed by atoms with Crippen molar-refractivity contribution >= 4 is 47.7 Å². The Hall–Kier alpha value is -4.73. The number of carboxylic acids is 2. The SMILES string of the molecule is CCC1=C(C)C(=O)N=C1/C=c1\[nH]/c(=C\c2[nH]c(/C=C3\NC(=O)C(C)=C3CC)c(C)c2[C@@H](C)CC(=O)O)c(C[C@H](C(=O)O)C(C)C)c1C. The molecule has 5 N–H and O–H groups in total. The molecule has 2 aliphatic heterocycles. The maximum absolute atomic E-state index is 12.5. The Kier molecular flexibility index (Phi) is 10.4. The molecule has 10 nitrogen and oxygen atoms in total. The van der Waals surface area contributed by atoms with E-state index in [-0.39, 0.29) is 36.5 Å². The van der Waals surface area contributed by atoms with Gasteiger partial charge in [-0.3, -0.25) is 19.2 Å². The second kappa shape index (κ2) is 13.9. The molecule has 0 bridgehead atoms. The second-order valence-electron chi connectivity index (χ2n) is 13.0. The van der Waals surface area contributed by atoms with Crippen LogP contribution in [0, 0.1) is 25.7 Å². The third-order valence-corrected chi connectivity index (χ3v) is 9.57. The number of nitrogens with one attached hydrogen (secondary N) is 3. The molecule has 2 atom stereocenters. The van der Waals surface area contributed by atoms with Crippen LogP contribution in [0.2, 0.25) is 0 Å². The van der Waals surface area contributed by atoms with Crippen molar-refractivity contribution in [1.29, 1.82) is 0 Å². The number of hydrogen-bond donors (Lipinski definition) is 5. The van der Waals surface area contributed by atoms with Crippen LogP contribution in [0.1, 0.15) is 107 Å². The monoisotopic (exact) mass is 642 g/mol. The summed E-state index contributed by atoms with van der Waals surface area (Å²) in [5, 5.41) is 24.1. The molecule has 2 aromatic heterocycles. The fourth-order valence-electron chi connectivity index (χ4n) is 6.73. The zero-order valence-electron chi connectivity index (χ0n) is 28.8. The Morgan fingerprint density at radius 3 is 2.06 bits per heavy atom. The summed E-state index contributed by atoms with van der Waals surface area (Å²) in [6, 6.07) is 0. The van der Waals surface area contributed by atoms with Gasteiger partial charge >= 0.3 is 11.9 Å².